The van der Waals surface area contributed by atoms with Gasteiger partial charge < -0.3 is 15.2 Å². The molecule has 0 unspecified atom stereocenters. The maximum absolute atomic E-state index is 12.2. The van der Waals surface area contributed by atoms with E-state index < -0.39 is 11.5 Å². The molecular weight excluding hydrogens is 353 g/mol. The van der Waals surface area contributed by atoms with Crippen molar-refractivity contribution >= 4 is 40.1 Å². The smallest absolute Gasteiger partial charge is 0.335 e. The normalized spacial score (nSPS) is 10.9. The molecule has 0 bridgehead atoms. The Morgan fingerprint density at radius 2 is 1.83 bits per heavy atom. The maximum atomic E-state index is 12.2. The number of pyridine rings is 1. The van der Waals surface area contributed by atoms with Crippen molar-refractivity contribution in [2.45, 2.75) is 6.42 Å². The monoisotopic (exact) mass is 363 g/mol. The minimum absolute atomic E-state index is 0.0188. The van der Waals surface area contributed by atoms with Crippen LogP contribution in [0.5, 0.6) is 5.75 Å². The highest BCUT2D eigenvalue weighted by Gasteiger charge is 2.15. The van der Waals surface area contributed by atoms with Gasteiger partial charge in [-0.25, -0.2) is 4.79 Å². The molecule has 0 aliphatic carbocycles. The average molecular weight is 364 g/mol. The van der Waals surface area contributed by atoms with Gasteiger partial charge in [0.2, 0.25) is 0 Å². The summed E-state index contributed by atoms with van der Waals surface area (Å²) in [6, 6.07) is 9.04. The lowest BCUT2D eigenvalue weighted by Crippen LogP contribution is -2.13. The summed E-state index contributed by atoms with van der Waals surface area (Å²) < 4.78 is 0. The van der Waals surface area contributed by atoms with Gasteiger partial charge in [0.1, 0.15) is 5.75 Å². The summed E-state index contributed by atoms with van der Waals surface area (Å²) in [7, 11) is 0. The van der Waals surface area contributed by atoms with Crippen molar-refractivity contribution in [2.75, 3.05) is 0 Å². The molecule has 0 radical (unpaired) electrons. The molecule has 24 heavy (non-hydrogen) atoms. The highest BCUT2D eigenvalue weighted by Crippen LogP contribution is 2.29. The highest BCUT2D eigenvalue weighted by atomic mass is 35.5. The van der Waals surface area contributed by atoms with Gasteiger partial charge in [0, 0.05) is 11.8 Å². The van der Waals surface area contributed by atoms with Crippen LogP contribution in [-0.4, -0.2) is 21.2 Å². The number of H-pyrrole nitrogens is 1. The van der Waals surface area contributed by atoms with Crippen LogP contribution >= 0.6 is 23.2 Å². The molecule has 122 valence electrons. The molecule has 0 spiro atoms. The van der Waals surface area contributed by atoms with E-state index in [-0.39, 0.29) is 28.7 Å². The zero-order chi connectivity index (χ0) is 17.4. The van der Waals surface area contributed by atoms with E-state index in [9.17, 15) is 14.7 Å². The van der Waals surface area contributed by atoms with Crippen molar-refractivity contribution < 1.29 is 15.0 Å². The third kappa shape index (κ3) is 2.96. The molecule has 0 aliphatic heterocycles. The Bertz CT molecular complexity index is 1030. The summed E-state index contributed by atoms with van der Waals surface area (Å²) in [5.41, 5.74) is 0.752. The van der Waals surface area contributed by atoms with Crippen molar-refractivity contribution in [3.63, 3.8) is 0 Å². The van der Waals surface area contributed by atoms with Crippen molar-refractivity contribution in [3.05, 3.63) is 73.5 Å². The van der Waals surface area contributed by atoms with Gasteiger partial charge in [-0.15, -0.1) is 0 Å². The number of hydrogen-bond donors (Lipinski definition) is 3. The third-order valence-electron chi connectivity index (χ3n) is 3.69. The quantitative estimate of drug-likeness (QED) is 0.659. The van der Waals surface area contributed by atoms with Crippen molar-refractivity contribution in [1.82, 2.24) is 4.98 Å². The number of carbonyl (C=O) groups is 1. The van der Waals surface area contributed by atoms with E-state index in [1.54, 1.807) is 18.2 Å². The highest BCUT2D eigenvalue weighted by molar-refractivity contribution is 6.42. The molecule has 3 aromatic rings. The van der Waals surface area contributed by atoms with E-state index in [0.29, 0.717) is 21.1 Å². The molecule has 0 fully saturated rings. The number of carboxylic acid groups (broad SMARTS) is 1. The fourth-order valence-corrected chi connectivity index (χ4v) is 2.79. The number of hydrogen-bond acceptors (Lipinski definition) is 3. The van der Waals surface area contributed by atoms with Gasteiger partial charge in [-0.1, -0.05) is 29.3 Å². The van der Waals surface area contributed by atoms with E-state index >= 15 is 0 Å². The molecule has 3 N–H and O–H groups in total. The molecular formula is C17H11Cl2NO4. The van der Waals surface area contributed by atoms with Crippen LogP contribution in [0.3, 0.4) is 0 Å². The third-order valence-corrected chi connectivity index (χ3v) is 4.43. The molecule has 0 aliphatic rings. The van der Waals surface area contributed by atoms with E-state index in [1.807, 2.05) is 0 Å². The number of aromatic amines is 1. The van der Waals surface area contributed by atoms with Gasteiger partial charge in [-0.3, -0.25) is 4.79 Å². The number of aromatic nitrogens is 1. The molecule has 0 atom stereocenters. The van der Waals surface area contributed by atoms with Crippen LogP contribution < -0.4 is 5.56 Å². The second-order valence-corrected chi connectivity index (χ2v) is 6.09. The van der Waals surface area contributed by atoms with E-state index in [0.717, 1.165) is 0 Å². The van der Waals surface area contributed by atoms with Crippen LogP contribution in [0.2, 0.25) is 10.0 Å². The van der Waals surface area contributed by atoms with E-state index in [2.05, 4.69) is 4.98 Å². The lowest BCUT2D eigenvalue weighted by molar-refractivity contribution is 0.0697. The second-order valence-electron chi connectivity index (χ2n) is 5.27. The SMILES string of the molecule is O=C(O)c1ccc2[nH]c(=O)c(Cc3ccc(Cl)c(Cl)c3)c(O)c2c1. The number of halogens is 2. The number of benzene rings is 2. The molecule has 7 heteroatoms. The predicted molar refractivity (Wildman–Crippen MR) is 92.5 cm³/mol. The Balaban J connectivity index is 2.14. The van der Waals surface area contributed by atoms with Gasteiger partial charge in [0.15, 0.2) is 0 Å². The first-order valence-corrected chi connectivity index (χ1v) is 7.67. The second kappa shape index (κ2) is 6.19. The van der Waals surface area contributed by atoms with Gasteiger partial charge in [-0.2, -0.15) is 0 Å². The number of rotatable bonds is 3. The number of aromatic hydroxyl groups is 1. The fraction of sp³-hybridized carbons (Fsp3) is 0.0588. The Labute approximate surface area is 146 Å². The van der Waals surface area contributed by atoms with Crippen LogP contribution in [0.1, 0.15) is 21.5 Å². The van der Waals surface area contributed by atoms with Gasteiger partial charge in [-0.05, 0) is 35.9 Å². The summed E-state index contributed by atoms with van der Waals surface area (Å²) >= 11 is 11.8. The molecule has 0 saturated carbocycles. The Hall–Kier alpha value is -2.50. The predicted octanol–water partition coefficient (Wildman–Crippen LogP) is 3.83. The molecule has 5 nitrogen and oxygen atoms in total. The first-order valence-electron chi connectivity index (χ1n) is 6.92. The molecule has 0 saturated heterocycles. The van der Waals surface area contributed by atoms with Crippen LogP contribution in [0, 0.1) is 0 Å². The zero-order valence-electron chi connectivity index (χ0n) is 12.1. The first kappa shape index (κ1) is 16.4. The van der Waals surface area contributed by atoms with E-state index in [1.165, 1.54) is 18.2 Å². The molecule has 2 aromatic carbocycles. The molecule has 0 amide bonds. The van der Waals surface area contributed by atoms with Gasteiger partial charge >= 0.3 is 5.97 Å². The van der Waals surface area contributed by atoms with Crippen molar-refractivity contribution in [1.29, 1.82) is 0 Å². The van der Waals surface area contributed by atoms with Crippen molar-refractivity contribution in [2.24, 2.45) is 0 Å². The summed E-state index contributed by atoms with van der Waals surface area (Å²) in [5, 5.41) is 20.5. The lowest BCUT2D eigenvalue weighted by atomic mass is 10.0. The molecule has 1 heterocycles. The fourth-order valence-electron chi connectivity index (χ4n) is 2.47. The molecule has 1 aromatic heterocycles. The van der Waals surface area contributed by atoms with Gasteiger partial charge in [0.25, 0.3) is 5.56 Å². The van der Waals surface area contributed by atoms with Crippen molar-refractivity contribution in [3.8, 4) is 5.75 Å². The first-order chi connectivity index (χ1) is 11.4. The number of nitrogens with one attached hydrogen (secondary N) is 1. The summed E-state index contributed by atoms with van der Waals surface area (Å²) in [5.74, 6) is -1.36. The zero-order valence-corrected chi connectivity index (χ0v) is 13.6. The van der Waals surface area contributed by atoms with E-state index in [4.69, 9.17) is 28.3 Å². The number of fused-ring (bicyclic) bond motifs is 1. The van der Waals surface area contributed by atoms with Gasteiger partial charge in [0.05, 0.1) is 26.7 Å². The lowest BCUT2D eigenvalue weighted by Gasteiger charge is -2.09. The topological polar surface area (TPSA) is 90.4 Å². The maximum Gasteiger partial charge on any atom is 0.335 e. The van der Waals surface area contributed by atoms with Crippen LogP contribution in [0.25, 0.3) is 10.9 Å². The standard InChI is InChI=1S/C17H11Cl2NO4/c18-12-3-1-8(6-13(12)19)5-11-15(21)10-7-9(17(23)24)2-4-14(10)20-16(11)22/h1-4,6-7H,5H2,(H,23,24)(H2,20,21,22). The molecule has 3 rings (SSSR count). The number of aromatic carboxylic acids is 1. The summed E-state index contributed by atoms with van der Waals surface area (Å²) in [4.78, 5) is 26.0. The minimum Gasteiger partial charge on any atom is -0.507 e. The minimum atomic E-state index is -1.12. The van der Waals surface area contributed by atoms with Crippen LogP contribution in [-0.2, 0) is 6.42 Å². The largest absolute Gasteiger partial charge is 0.507 e. The van der Waals surface area contributed by atoms with Crippen LogP contribution in [0.4, 0.5) is 0 Å². The summed E-state index contributed by atoms with van der Waals surface area (Å²) in [6.07, 6.45) is 0.130. The Kier molecular flexibility index (Phi) is 4.22. The summed E-state index contributed by atoms with van der Waals surface area (Å²) in [6.45, 7) is 0. The van der Waals surface area contributed by atoms with Crippen LogP contribution in [0.15, 0.2) is 41.2 Å². The Morgan fingerprint density at radius 3 is 2.50 bits per heavy atom. The number of carboxylic acids is 1. The average Bonchev–Trinajstić information content (AvgIpc) is 2.54. The Morgan fingerprint density at radius 1 is 1.08 bits per heavy atom.